The monoisotopic (exact) mass is 408 g/mol. The van der Waals surface area contributed by atoms with Gasteiger partial charge in [0.25, 0.3) is 11.8 Å². The van der Waals surface area contributed by atoms with Gasteiger partial charge in [-0.25, -0.2) is 0 Å². The van der Waals surface area contributed by atoms with E-state index in [1.807, 2.05) is 56.3 Å². The van der Waals surface area contributed by atoms with Crippen LogP contribution in [0.25, 0.3) is 10.4 Å². The van der Waals surface area contributed by atoms with Crippen LogP contribution in [0.3, 0.4) is 0 Å². The predicted octanol–water partition coefficient (Wildman–Crippen LogP) is 3.76. The summed E-state index contributed by atoms with van der Waals surface area (Å²) in [5.41, 5.74) is 8.88. The van der Waals surface area contributed by atoms with Gasteiger partial charge in [0.2, 0.25) is 0 Å². The molecule has 1 aliphatic rings. The van der Waals surface area contributed by atoms with E-state index in [-0.39, 0.29) is 12.5 Å². The molecule has 0 fully saturated rings. The van der Waals surface area contributed by atoms with Gasteiger partial charge in [-0.1, -0.05) is 18.2 Å². The van der Waals surface area contributed by atoms with Gasteiger partial charge in [0.1, 0.15) is 18.1 Å². The fraction of sp³-hybridized carbons (Fsp3) is 0.182. The Morgan fingerprint density at radius 2 is 1.83 bits per heavy atom. The minimum atomic E-state index is -0.437. The number of rotatable bonds is 4. The first-order chi connectivity index (χ1) is 14.0. The van der Waals surface area contributed by atoms with Crippen molar-refractivity contribution in [3.05, 3.63) is 70.1 Å². The third-order valence-corrected chi connectivity index (χ3v) is 5.64. The summed E-state index contributed by atoms with van der Waals surface area (Å²) in [6.45, 7) is 4.16. The minimum Gasteiger partial charge on any atom is -0.488 e. The van der Waals surface area contributed by atoms with Crippen molar-refractivity contribution in [2.24, 2.45) is 0 Å². The maximum Gasteiger partial charge on any atom is 0.279 e. The average Bonchev–Trinajstić information content (AvgIpc) is 3.15. The Hall–Kier alpha value is -3.32. The molecule has 6 nitrogen and oxygen atoms in total. The van der Waals surface area contributed by atoms with Crippen molar-refractivity contribution in [1.29, 1.82) is 0 Å². The number of nitrogens with one attached hydrogen (secondary N) is 2. The van der Waals surface area contributed by atoms with Gasteiger partial charge in [-0.3, -0.25) is 20.4 Å². The molecule has 0 bridgehead atoms. The molecule has 148 valence electrons. The number of fused-ring (bicyclic) bond motifs is 3. The van der Waals surface area contributed by atoms with Crippen molar-refractivity contribution in [3.8, 4) is 21.9 Å². The Kier molecular flexibility index (Phi) is 5.22. The molecule has 1 aliphatic heterocycles. The number of ether oxygens (including phenoxy) is 2. The van der Waals surface area contributed by atoms with E-state index in [2.05, 4.69) is 10.9 Å². The Bertz CT molecular complexity index is 1070. The highest BCUT2D eigenvalue weighted by Gasteiger charge is 2.22. The van der Waals surface area contributed by atoms with Crippen molar-refractivity contribution in [3.63, 3.8) is 0 Å². The molecule has 0 saturated carbocycles. The minimum absolute atomic E-state index is 0.189. The van der Waals surface area contributed by atoms with E-state index < -0.39 is 5.91 Å². The number of hydrogen-bond donors (Lipinski definition) is 2. The Morgan fingerprint density at radius 1 is 1.07 bits per heavy atom. The SMILES string of the molecule is Cc1cc(C)cc(OCC(=O)NNC(=O)c2cc3c(s2)-c2ccccc2OC3)c1. The number of para-hydroxylation sites is 1. The average molecular weight is 408 g/mol. The van der Waals surface area contributed by atoms with Crippen molar-refractivity contribution in [1.82, 2.24) is 10.9 Å². The topological polar surface area (TPSA) is 76.7 Å². The summed E-state index contributed by atoms with van der Waals surface area (Å²) in [6.07, 6.45) is 0. The first-order valence-corrected chi connectivity index (χ1v) is 9.96. The van der Waals surface area contributed by atoms with Crippen LogP contribution in [0.5, 0.6) is 11.5 Å². The quantitative estimate of drug-likeness (QED) is 0.645. The first kappa shape index (κ1) is 19.0. The van der Waals surface area contributed by atoms with Gasteiger partial charge >= 0.3 is 0 Å². The number of benzene rings is 2. The molecular weight excluding hydrogens is 388 g/mol. The molecule has 2 heterocycles. The second-order valence-corrected chi connectivity index (χ2v) is 7.92. The van der Waals surface area contributed by atoms with E-state index in [1.54, 1.807) is 6.07 Å². The standard InChI is InChI=1S/C22H20N2O4S/c1-13-7-14(2)9-16(8-13)27-12-20(25)23-24-22(26)19-10-15-11-28-18-6-4-3-5-17(18)21(15)29-19/h3-10H,11-12H2,1-2H3,(H,23,25)(H,24,26). The van der Waals surface area contributed by atoms with E-state index in [1.165, 1.54) is 11.3 Å². The van der Waals surface area contributed by atoms with E-state index in [4.69, 9.17) is 9.47 Å². The second kappa shape index (κ2) is 7.97. The molecule has 0 spiro atoms. The van der Waals surface area contributed by atoms with Crippen LogP contribution in [0.4, 0.5) is 0 Å². The number of hydrazine groups is 1. The summed E-state index contributed by atoms with van der Waals surface area (Å²) in [5, 5.41) is 0. The van der Waals surface area contributed by atoms with Crippen molar-refractivity contribution in [2.75, 3.05) is 6.61 Å². The Morgan fingerprint density at radius 3 is 2.62 bits per heavy atom. The van der Waals surface area contributed by atoms with E-state index in [0.717, 1.165) is 32.9 Å². The summed E-state index contributed by atoms with van der Waals surface area (Å²) in [5.74, 6) is 0.619. The number of hydrogen-bond acceptors (Lipinski definition) is 5. The third kappa shape index (κ3) is 4.25. The summed E-state index contributed by atoms with van der Waals surface area (Å²) in [6, 6.07) is 15.3. The zero-order valence-electron chi connectivity index (χ0n) is 16.1. The highest BCUT2D eigenvalue weighted by molar-refractivity contribution is 7.17. The Balaban J connectivity index is 1.35. The van der Waals surface area contributed by atoms with Gasteiger partial charge in [0.15, 0.2) is 6.61 Å². The smallest absolute Gasteiger partial charge is 0.279 e. The van der Waals surface area contributed by atoms with Gasteiger partial charge in [-0.05, 0) is 55.3 Å². The predicted molar refractivity (Wildman–Crippen MR) is 111 cm³/mol. The largest absolute Gasteiger partial charge is 0.488 e. The molecule has 2 amide bonds. The number of aryl methyl sites for hydroxylation is 2. The molecule has 0 aliphatic carbocycles. The molecule has 2 N–H and O–H groups in total. The molecule has 0 radical (unpaired) electrons. The number of amides is 2. The van der Waals surface area contributed by atoms with E-state index >= 15 is 0 Å². The van der Waals surface area contributed by atoms with Crippen LogP contribution < -0.4 is 20.3 Å². The van der Waals surface area contributed by atoms with Crippen molar-refractivity contribution >= 4 is 23.2 Å². The van der Waals surface area contributed by atoms with Crippen LogP contribution in [-0.2, 0) is 11.4 Å². The maximum absolute atomic E-state index is 12.4. The highest BCUT2D eigenvalue weighted by Crippen LogP contribution is 2.42. The van der Waals surface area contributed by atoms with Crippen LogP contribution in [-0.4, -0.2) is 18.4 Å². The maximum atomic E-state index is 12.4. The fourth-order valence-corrected chi connectivity index (χ4v) is 4.29. The molecule has 3 aromatic rings. The van der Waals surface area contributed by atoms with Gasteiger partial charge < -0.3 is 9.47 Å². The number of carbonyl (C=O) groups is 2. The molecule has 29 heavy (non-hydrogen) atoms. The highest BCUT2D eigenvalue weighted by atomic mass is 32.1. The third-order valence-electron chi connectivity index (χ3n) is 4.43. The molecule has 0 unspecified atom stereocenters. The molecule has 0 atom stereocenters. The van der Waals surface area contributed by atoms with Crippen LogP contribution in [0.2, 0.25) is 0 Å². The van der Waals surface area contributed by atoms with Gasteiger partial charge in [-0.2, -0.15) is 0 Å². The lowest BCUT2D eigenvalue weighted by molar-refractivity contribution is -0.123. The first-order valence-electron chi connectivity index (χ1n) is 9.15. The normalized spacial score (nSPS) is 11.7. The van der Waals surface area contributed by atoms with Crippen LogP contribution in [0.15, 0.2) is 48.5 Å². The number of thiophene rings is 1. The summed E-state index contributed by atoms with van der Waals surface area (Å²) < 4.78 is 11.2. The lowest BCUT2D eigenvalue weighted by Gasteiger charge is -2.16. The van der Waals surface area contributed by atoms with E-state index in [9.17, 15) is 9.59 Å². The van der Waals surface area contributed by atoms with Gasteiger partial charge in [-0.15, -0.1) is 11.3 Å². The van der Waals surface area contributed by atoms with Gasteiger partial charge in [0.05, 0.1) is 4.88 Å². The van der Waals surface area contributed by atoms with E-state index in [0.29, 0.717) is 17.2 Å². The molecule has 2 aromatic carbocycles. The zero-order valence-corrected chi connectivity index (χ0v) is 16.9. The Labute approximate surface area is 172 Å². The van der Waals surface area contributed by atoms with Crippen LogP contribution >= 0.6 is 11.3 Å². The lowest BCUT2D eigenvalue weighted by atomic mass is 10.1. The summed E-state index contributed by atoms with van der Waals surface area (Å²) >= 11 is 1.38. The lowest BCUT2D eigenvalue weighted by Crippen LogP contribution is -2.43. The summed E-state index contributed by atoms with van der Waals surface area (Å²) in [7, 11) is 0. The molecule has 1 aromatic heterocycles. The zero-order chi connectivity index (χ0) is 20.4. The fourth-order valence-electron chi connectivity index (χ4n) is 3.20. The van der Waals surface area contributed by atoms with Crippen LogP contribution in [0, 0.1) is 13.8 Å². The van der Waals surface area contributed by atoms with Crippen molar-refractivity contribution in [2.45, 2.75) is 20.5 Å². The van der Waals surface area contributed by atoms with Crippen molar-refractivity contribution < 1.29 is 19.1 Å². The summed E-state index contributed by atoms with van der Waals surface area (Å²) in [4.78, 5) is 26.0. The molecule has 7 heteroatoms. The van der Waals surface area contributed by atoms with Crippen LogP contribution in [0.1, 0.15) is 26.4 Å². The molecule has 0 saturated heterocycles. The number of carbonyl (C=O) groups excluding carboxylic acids is 2. The molecule has 4 rings (SSSR count). The van der Waals surface area contributed by atoms with Gasteiger partial charge in [0, 0.05) is 16.0 Å². The second-order valence-electron chi connectivity index (χ2n) is 6.86. The molecular formula is C22H20N2O4S.